The summed E-state index contributed by atoms with van der Waals surface area (Å²) in [5.41, 5.74) is 2.31. The van der Waals surface area contributed by atoms with Gasteiger partial charge in [0.2, 0.25) is 0 Å². The Morgan fingerprint density at radius 3 is 2.52 bits per heavy atom. The largest absolute Gasteiger partial charge is 0.367 e. The Kier molecular flexibility index (Phi) is 6.79. The van der Waals surface area contributed by atoms with E-state index in [1.54, 1.807) is 6.20 Å². The number of nitrogens with one attached hydrogen (secondary N) is 2. The minimum absolute atomic E-state index is 0.428. The van der Waals surface area contributed by atoms with Gasteiger partial charge in [0.1, 0.15) is 5.82 Å². The van der Waals surface area contributed by atoms with Gasteiger partial charge in [0.15, 0.2) is 0 Å². The molecular weight excluding hydrogens is 282 g/mol. The predicted octanol–water partition coefficient (Wildman–Crippen LogP) is 5.27. The highest BCUT2D eigenvalue weighted by molar-refractivity contribution is 6.13. The average molecular weight is 309 g/mol. The van der Waals surface area contributed by atoms with Crippen molar-refractivity contribution in [1.82, 2.24) is 4.98 Å². The molecule has 0 saturated carbocycles. The van der Waals surface area contributed by atoms with Crippen molar-refractivity contribution in [3.05, 3.63) is 59.8 Å². The van der Waals surface area contributed by atoms with Gasteiger partial charge < -0.3 is 5.32 Å². The maximum Gasteiger partial charge on any atom is 0.135 e. The molecule has 2 N–H and O–H groups in total. The molecule has 2 aromatic rings. The third-order valence-corrected chi connectivity index (χ3v) is 4.02. The first kappa shape index (κ1) is 17.2. The molecule has 0 bridgehead atoms. The van der Waals surface area contributed by atoms with Gasteiger partial charge in [-0.25, -0.2) is 4.98 Å². The Labute approximate surface area is 139 Å². The van der Waals surface area contributed by atoms with Gasteiger partial charge >= 0.3 is 0 Å². The first-order valence-electron chi connectivity index (χ1n) is 8.62. The minimum Gasteiger partial charge on any atom is -0.367 e. The van der Waals surface area contributed by atoms with Crippen molar-refractivity contribution in [2.45, 2.75) is 52.0 Å². The molecular formula is C20H27N3. The van der Waals surface area contributed by atoms with E-state index in [9.17, 15) is 0 Å². The van der Waals surface area contributed by atoms with Crippen LogP contribution in [0, 0.1) is 5.41 Å². The van der Waals surface area contributed by atoms with Crippen molar-refractivity contribution in [2.75, 3.05) is 5.32 Å². The highest BCUT2D eigenvalue weighted by Crippen LogP contribution is 2.20. The third-order valence-electron chi connectivity index (χ3n) is 4.02. The van der Waals surface area contributed by atoms with Crippen LogP contribution in [0.15, 0.2) is 48.7 Å². The van der Waals surface area contributed by atoms with E-state index < -0.39 is 0 Å². The topological polar surface area (TPSA) is 48.8 Å². The van der Waals surface area contributed by atoms with Gasteiger partial charge in [-0.15, -0.1) is 0 Å². The molecule has 0 amide bonds. The highest BCUT2D eigenvalue weighted by atomic mass is 15.0. The first-order valence-corrected chi connectivity index (χ1v) is 8.62. The van der Waals surface area contributed by atoms with Crippen LogP contribution in [0.25, 0.3) is 0 Å². The molecule has 1 atom stereocenters. The van der Waals surface area contributed by atoms with E-state index in [0.29, 0.717) is 11.8 Å². The molecule has 0 fully saturated rings. The standard InChI is InChI=1S/C20H27N3/c1-3-5-13-17(10-4-2)23-20-18(14-9-15-22-20)19(21)16-11-7-6-8-12-16/h6-9,11-12,14-15,17,21H,3-5,10,13H2,1-2H3,(H,22,23). The molecule has 1 aromatic carbocycles. The molecule has 0 saturated heterocycles. The van der Waals surface area contributed by atoms with Gasteiger partial charge in [-0.3, -0.25) is 5.41 Å². The van der Waals surface area contributed by atoms with Gasteiger partial charge in [0.25, 0.3) is 0 Å². The molecule has 1 aromatic heterocycles. The molecule has 1 heterocycles. The maximum absolute atomic E-state index is 8.52. The third kappa shape index (κ3) is 4.92. The van der Waals surface area contributed by atoms with Gasteiger partial charge in [0, 0.05) is 23.4 Å². The van der Waals surface area contributed by atoms with Gasteiger partial charge in [0.05, 0.1) is 5.71 Å². The number of benzene rings is 1. The van der Waals surface area contributed by atoms with Gasteiger partial charge in [-0.1, -0.05) is 63.4 Å². The Bertz CT molecular complexity index is 607. The summed E-state index contributed by atoms with van der Waals surface area (Å²) in [6.07, 6.45) is 7.66. The van der Waals surface area contributed by atoms with Crippen molar-refractivity contribution in [1.29, 1.82) is 5.41 Å². The fourth-order valence-corrected chi connectivity index (χ4v) is 2.76. The lowest BCUT2D eigenvalue weighted by Crippen LogP contribution is -2.22. The lowest BCUT2D eigenvalue weighted by molar-refractivity contribution is 0.563. The van der Waals surface area contributed by atoms with Gasteiger partial charge in [-0.05, 0) is 25.0 Å². The molecule has 23 heavy (non-hydrogen) atoms. The number of hydrogen-bond donors (Lipinski definition) is 2. The summed E-state index contributed by atoms with van der Waals surface area (Å²) in [6, 6.07) is 14.2. The maximum atomic E-state index is 8.52. The van der Waals surface area contributed by atoms with Crippen molar-refractivity contribution >= 4 is 11.5 Å². The van der Waals surface area contributed by atoms with Gasteiger partial charge in [-0.2, -0.15) is 0 Å². The second-order valence-electron chi connectivity index (χ2n) is 5.91. The fourth-order valence-electron chi connectivity index (χ4n) is 2.76. The Morgan fingerprint density at radius 2 is 1.83 bits per heavy atom. The molecule has 3 nitrogen and oxygen atoms in total. The number of rotatable bonds is 9. The van der Waals surface area contributed by atoms with Crippen LogP contribution in [0.2, 0.25) is 0 Å². The van der Waals surface area contributed by atoms with Crippen molar-refractivity contribution in [3.8, 4) is 0 Å². The van der Waals surface area contributed by atoms with Crippen LogP contribution in [0.1, 0.15) is 57.1 Å². The summed E-state index contributed by atoms with van der Waals surface area (Å²) in [5, 5.41) is 12.1. The molecule has 1 unspecified atom stereocenters. The molecule has 0 aliphatic heterocycles. The smallest absolute Gasteiger partial charge is 0.135 e. The lowest BCUT2D eigenvalue weighted by Gasteiger charge is -2.20. The summed E-state index contributed by atoms with van der Waals surface area (Å²) in [6.45, 7) is 4.44. The number of aromatic nitrogens is 1. The zero-order chi connectivity index (χ0) is 16.5. The fraction of sp³-hybridized carbons (Fsp3) is 0.400. The van der Waals surface area contributed by atoms with Crippen LogP contribution in [-0.4, -0.2) is 16.7 Å². The van der Waals surface area contributed by atoms with Crippen LogP contribution >= 0.6 is 0 Å². The molecule has 0 radical (unpaired) electrons. The molecule has 0 aliphatic carbocycles. The number of anilines is 1. The van der Waals surface area contributed by atoms with Crippen molar-refractivity contribution < 1.29 is 0 Å². The number of unbranched alkanes of at least 4 members (excludes halogenated alkanes) is 1. The summed E-state index contributed by atoms with van der Waals surface area (Å²) >= 11 is 0. The number of hydrogen-bond acceptors (Lipinski definition) is 3. The Morgan fingerprint density at radius 1 is 1.04 bits per heavy atom. The van der Waals surface area contributed by atoms with Crippen molar-refractivity contribution in [2.24, 2.45) is 0 Å². The monoisotopic (exact) mass is 309 g/mol. The quantitative estimate of drug-likeness (QED) is 0.620. The summed E-state index contributed by atoms with van der Waals surface area (Å²) in [4.78, 5) is 4.50. The zero-order valence-electron chi connectivity index (χ0n) is 14.2. The van der Waals surface area contributed by atoms with E-state index in [2.05, 4.69) is 24.1 Å². The van der Waals surface area contributed by atoms with E-state index >= 15 is 0 Å². The van der Waals surface area contributed by atoms with Crippen molar-refractivity contribution in [3.63, 3.8) is 0 Å². The second-order valence-corrected chi connectivity index (χ2v) is 5.91. The zero-order valence-corrected chi connectivity index (χ0v) is 14.2. The SMILES string of the molecule is CCCCC(CCC)Nc1ncccc1C(=N)c1ccccc1. The summed E-state index contributed by atoms with van der Waals surface area (Å²) in [7, 11) is 0. The first-order chi connectivity index (χ1) is 11.3. The van der Waals surface area contributed by atoms with E-state index in [4.69, 9.17) is 5.41 Å². The van der Waals surface area contributed by atoms with Crippen LogP contribution in [0.4, 0.5) is 5.82 Å². The predicted molar refractivity (Wildman–Crippen MR) is 98.5 cm³/mol. The molecule has 0 spiro atoms. The van der Waals surface area contributed by atoms with Crippen LogP contribution in [0.3, 0.4) is 0 Å². The van der Waals surface area contributed by atoms with Crippen LogP contribution in [0.5, 0.6) is 0 Å². The molecule has 122 valence electrons. The van der Waals surface area contributed by atoms with Crippen LogP contribution in [-0.2, 0) is 0 Å². The van der Waals surface area contributed by atoms with E-state index in [1.807, 2.05) is 42.5 Å². The summed E-state index contributed by atoms with van der Waals surface area (Å²) < 4.78 is 0. The highest BCUT2D eigenvalue weighted by Gasteiger charge is 2.14. The lowest BCUT2D eigenvalue weighted by atomic mass is 10.0. The molecule has 2 rings (SSSR count). The average Bonchev–Trinajstić information content (AvgIpc) is 2.60. The van der Waals surface area contributed by atoms with Crippen LogP contribution < -0.4 is 5.32 Å². The van der Waals surface area contributed by atoms with E-state index in [1.165, 1.54) is 12.8 Å². The second kappa shape index (κ2) is 9.09. The normalized spacial score (nSPS) is 11.9. The summed E-state index contributed by atoms with van der Waals surface area (Å²) in [5.74, 6) is 0.830. The number of pyridine rings is 1. The minimum atomic E-state index is 0.428. The Balaban J connectivity index is 2.21. The Hall–Kier alpha value is -2.16. The number of nitrogens with zero attached hydrogens (tertiary/aromatic N) is 1. The van der Waals surface area contributed by atoms with E-state index in [0.717, 1.165) is 36.2 Å². The molecule has 0 aliphatic rings. The molecule has 3 heteroatoms. The van der Waals surface area contributed by atoms with E-state index in [-0.39, 0.29) is 0 Å².